The maximum atomic E-state index is 13.4. The lowest BCUT2D eigenvalue weighted by atomic mass is 10.3. The molecule has 0 spiro atoms. The lowest BCUT2D eigenvalue weighted by Crippen LogP contribution is -2.01. The van der Waals surface area contributed by atoms with Gasteiger partial charge in [0, 0.05) is 0 Å². The van der Waals surface area contributed by atoms with Gasteiger partial charge in [-0.05, 0) is 12.1 Å². The Morgan fingerprint density at radius 2 is 1.75 bits per heavy atom. The van der Waals surface area contributed by atoms with E-state index in [4.69, 9.17) is 25.3 Å². The minimum atomic E-state index is -4.10. The molecule has 0 saturated heterocycles. The van der Waals surface area contributed by atoms with Crippen molar-refractivity contribution in [2.75, 3.05) is 7.11 Å². The molecule has 0 unspecified atom stereocenters. The summed E-state index contributed by atoms with van der Waals surface area (Å²) in [6, 6.07) is 2.18. The zero-order valence-corrected chi connectivity index (χ0v) is 10.6. The van der Waals surface area contributed by atoms with Crippen molar-refractivity contribution in [1.29, 1.82) is 0 Å². The molecule has 94 valence electrons. The lowest BCUT2D eigenvalue weighted by Gasteiger charge is -2.20. The molecule has 7 heteroatoms. The molecule has 1 aromatic carbocycles. The zero-order chi connectivity index (χ0) is 12.9. The van der Waals surface area contributed by atoms with Crippen LogP contribution in [-0.4, -0.2) is 20.8 Å². The van der Waals surface area contributed by atoms with Gasteiger partial charge in [0.15, 0.2) is 11.6 Å². The van der Waals surface area contributed by atoms with E-state index >= 15 is 0 Å². The van der Waals surface area contributed by atoms with E-state index in [1.807, 2.05) is 13.8 Å². The Kier molecular flexibility index (Phi) is 6.06. The molecule has 3 N–H and O–H groups in total. The monoisotopic (exact) mass is 272 g/mol. The highest BCUT2D eigenvalue weighted by Crippen LogP contribution is 2.48. The van der Waals surface area contributed by atoms with E-state index in [2.05, 4.69) is 4.74 Å². The van der Waals surface area contributed by atoms with Crippen molar-refractivity contribution in [3.63, 3.8) is 0 Å². The molecule has 0 heterocycles. The Bertz CT molecular complexity index is 354. The Labute approximate surface area is 100 Å². The van der Waals surface area contributed by atoms with E-state index in [9.17, 15) is 4.39 Å². The Morgan fingerprint density at radius 1 is 1.25 bits per heavy atom. The summed E-state index contributed by atoms with van der Waals surface area (Å²) < 4.78 is 44.5. The first-order valence-electron chi connectivity index (χ1n) is 4.40. The van der Waals surface area contributed by atoms with Gasteiger partial charge in [-0.2, -0.15) is 0 Å². The summed E-state index contributed by atoms with van der Waals surface area (Å²) in [5, 5.41) is -0.0163. The first-order chi connectivity index (χ1) is 7.38. The molecular formula is C9H14ClFO4S. The fourth-order valence-corrected chi connectivity index (χ4v) is 1.72. The number of halogens is 2. The second kappa shape index (κ2) is 6.27. The van der Waals surface area contributed by atoms with Gasteiger partial charge in [-0.15, -0.1) is 0 Å². The van der Waals surface area contributed by atoms with Gasteiger partial charge < -0.3 is 18.4 Å². The van der Waals surface area contributed by atoms with Gasteiger partial charge in [0.25, 0.3) is 0 Å². The molecule has 4 nitrogen and oxygen atoms in total. The summed E-state index contributed by atoms with van der Waals surface area (Å²) in [5.41, 5.74) is 0. The average molecular weight is 273 g/mol. The molecule has 0 bridgehead atoms. The van der Waals surface area contributed by atoms with Crippen LogP contribution in [0.25, 0.3) is 0 Å². The predicted octanol–water partition coefficient (Wildman–Crippen LogP) is 4.10. The van der Waals surface area contributed by atoms with Crippen molar-refractivity contribution in [3.05, 3.63) is 23.0 Å². The summed E-state index contributed by atoms with van der Waals surface area (Å²) in [6.45, 7) is 4.00. The molecule has 0 aliphatic rings. The molecule has 1 aromatic rings. The van der Waals surface area contributed by atoms with E-state index in [0.717, 1.165) is 6.07 Å². The van der Waals surface area contributed by atoms with Gasteiger partial charge >= 0.3 is 0 Å². The summed E-state index contributed by atoms with van der Waals surface area (Å²) in [7, 11) is -2.92. The number of rotatable bonds is 2. The minimum absolute atomic E-state index is 0.0163. The molecule has 0 amide bonds. The third-order valence-corrected chi connectivity index (χ3v) is 2.72. The van der Waals surface area contributed by atoms with Crippen molar-refractivity contribution in [2.24, 2.45) is 0 Å². The first kappa shape index (κ1) is 15.5. The molecule has 0 saturated carbocycles. The second-order valence-corrected chi connectivity index (χ2v) is 4.30. The van der Waals surface area contributed by atoms with Crippen molar-refractivity contribution < 1.29 is 22.8 Å². The highest BCUT2D eigenvalue weighted by Gasteiger charge is 2.24. The fraction of sp³-hybridized carbons (Fsp3) is 0.333. The molecule has 0 aliphatic carbocycles. The van der Waals surface area contributed by atoms with E-state index < -0.39 is 21.6 Å². The molecular weight excluding hydrogens is 259 g/mol. The molecule has 0 radical (unpaired) electrons. The van der Waals surface area contributed by atoms with E-state index in [0.29, 0.717) is 0 Å². The van der Waals surface area contributed by atoms with Gasteiger partial charge in [0.1, 0.15) is 15.8 Å². The van der Waals surface area contributed by atoms with Crippen molar-refractivity contribution >= 4 is 22.5 Å². The molecule has 1 rings (SSSR count). The van der Waals surface area contributed by atoms with Crippen LogP contribution in [0.5, 0.6) is 5.75 Å². The standard InChI is InChI=1S/C7H8ClFO4S.C2H6/c1-13-7-4(8)2-3-5(6(7)9)14(10,11)12;1-2/h2-3,10-12H,1H3;1-2H3. The smallest absolute Gasteiger partial charge is 0.185 e. The van der Waals surface area contributed by atoms with Crippen LogP contribution >= 0.6 is 22.5 Å². The van der Waals surface area contributed by atoms with E-state index in [1.54, 1.807) is 0 Å². The summed E-state index contributed by atoms with van der Waals surface area (Å²) in [4.78, 5) is -0.640. The highest BCUT2D eigenvalue weighted by atomic mass is 35.5. The number of hydrogen-bond acceptors (Lipinski definition) is 4. The third-order valence-electron chi connectivity index (χ3n) is 1.51. The quantitative estimate of drug-likeness (QED) is 0.758. The zero-order valence-electron chi connectivity index (χ0n) is 9.07. The van der Waals surface area contributed by atoms with Crippen LogP contribution in [0.1, 0.15) is 13.8 Å². The van der Waals surface area contributed by atoms with Gasteiger partial charge in [-0.1, -0.05) is 25.4 Å². The Hall–Kier alpha value is -0.530. The summed E-state index contributed by atoms with van der Waals surface area (Å²) >= 11 is 5.55. The van der Waals surface area contributed by atoms with Crippen LogP contribution in [0.15, 0.2) is 17.0 Å². The number of ether oxygens (including phenoxy) is 1. The third kappa shape index (κ3) is 3.50. The normalized spacial score (nSPS) is 11.5. The van der Waals surface area contributed by atoms with Crippen LogP contribution in [0.2, 0.25) is 5.02 Å². The number of benzene rings is 1. The topological polar surface area (TPSA) is 69.9 Å². The van der Waals surface area contributed by atoms with Crippen molar-refractivity contribution in [3.8, 4) is 5.75 Å². The van der Waals surface area contributed by atoms with Crippen LogP contribution in [0, 0.1) is 5.82 Å². The Balaban J connectivity index is 0.00000106. The van der Waals surface area contributed by atoms with Gasteiger partial charge in [-0.3, -0.25) is 0 Å². The van der Waals surface area contributed by atoms with E-state index in [-0.39, 0.29) is 10.8 Å². The van der Waals surface area contributed by atoms with Crippen LogP contribution in [0.3, 0.4) is 0 Å². The number of hydrogen-bond donors (Lipinski definition) is 3. The number of methoxy groups -OCH3 is 1. The van der Waals surface area contributed by atoms with Crippen LogP contribution in [0.4, 0.5) is 4.39 Å². The average Bonchev–Trinajstić information content (AvgIpc) is 2.19. The SMILES string of the molecule is CC.COc1c(Cl)ccc(S(O)(O)O)c1F. The Morgan fingerprint density at radius 3 is 2.12 bits per heavy atom. The van der Waals surface area contributed by atoms with Gasteiger partial charge in [0.05, 0.1) is 12.1 Å². The van der Waals surface area contributed by atoms with Crippen molar-refractivity contribution in [1.82, 2.24) is 0 Å². The van der Waals surface area contributed by atoms with Crippen LogP contribution < -0.4 is 4.74 Å². The first-order valence-corrected chi connectivity index (χ1v) is 6.28. The van der Waals surface area contributed by atoms with E-state index in [1.165, 1.54) is 13.2 Å². The minimum Gasteiger partial charge on any atom is -0.492 e. The predicted molar refractivity (Wildman–Crippen MR) is 63.1 cm³/mol. The maximum Gasteiger partial charge on any atom is 0.185 e. The molecule has 0 aromatic heterocycles. The lowest BCUT2D eigenvalue weighted by molar-refractivity contribution is 0.355. The fourth-order valence-electron chi connectivity index (χ4n) is 0.913. The summed E-state index contributed by atoms with van der Waals surface area (Å²) in [6.07, 6.45) is 0. The summed E-state index contributed by atoms with van der Waals surface area (Å²) in [5.74, 6) is -1.42. The second-order valence-electron chi connectivity index (χ2n) is 2.41. The highest BCUT2D eigenvalue weighted by molar-refractivity contribution is 8.19. The van der Waals surface area contributed by atoms with Gasteiger partial charge in [0.2, 0.25) is 0 Å². The largest absolute Gasteiger partial charge is 0.492 e. The molecule has 16 heavy (non-hydrogen) atoms. The molecule has 0 atom stereocenters. The van der Waals surface area contributed by atoms with Crippen molar-refractivity contribution in [2.45, 2.75) is 18.7 Å². The molecule has 0 fully saturated rings. The molecule has 0 aliphatic heterocycles. The van der Waals surface area contributed by atoms with Gasteiger partial charge in [-0.25, -0.2) is 4.39 Å². The maximum absolute atomic E-state index is 13.4. The van der Waals surface area contributed by atoms with Crippen LogP contribution in [-0.2, 0) is 0 Å².